The summed E-state index contributed by atoms with van der Waals surface area (Å²) in [4.78, 5) is 22.6. The van der Waals surface area contributed by atoms with Crippen molar-refractivity contribution in [1.82, 2.24) is 15.3 Å². The molecule has 3 N–H and O–H groups in total. The largest absolute Gasteiger partial charge is 0.396 e. The number of carbonyl (C=O) groups is 1. The Labute approximate surface area is 184 Å². The Kier molecular flexibility index (Phi) is 8.66. The fraction of sp³-hybridized carbons (Fsp3) is 0.375. The van der Waals surface area contributed by atoms with E-state index in [-0.39, 0.29) is 11.7 Å². The molecule has 0 bridgehead atoms. The first kappa shape index (κ1) is 23.7. The van der Waals surface area contributed by atoms with Crippen molar-refractivity contribution in [3.05, 3.63) is 75.1 Å². The molecular weight excluding hydrogens is 392 g/mol. The molecule has 0 aliphatic carbocycles. The van der Waals surface area contributed by atoms with E-state index in [2.05, 4.69) is 60.8 Å². The highest BCUT2D eigenvalue weighted by Crippen LogP contribution is 2.29. The first-order chi connectivity index (χ1) is 14.2. The Balaban J connectivity index is 2.28. The van der Waals surface area contributed by atoms with Crippen LogP contribution in [0.2, 0.25) is 0 Å². The molecule has 160 valence electrons. The number of aryl methyl sites for hydroxylation is 3. The van der Waals surface area contributed by atoms with Crippen LogP contribution in [0.25, 0.3) is 5.70 Å². The quantitative estimate of drug-likeness (QED) is 0.583. The third-order valence-corrected chi connectivity index (χ3v) is 5.47. The second-order valence-electron chi connectivity index (χ2n) is 7.75. The summed E-state index contributed by atoms with van der Waals surface area (Å²) in [6.07, 6.45) is 1.73. The molecular formula is C24H32N4OS. The highest BCUT2D eigenvalue weighted by molar-refractivity contribution is 8.05. The summed E-state index contributed by atoms with van der Waals surface area (Å²) in [5.74, 6) is 0.267. The van der Waals surface area contributed by atoms with Gasteiger partial charge in [0.05, 0.1) is 11.4 Å². The minimum absolute atomic E-state index is 0.131. The molecule has 2 rings (SSSR count). The number of benzene rings is 1. The molecule has 30 heavy (non-hydrogen) atoms. The lowest BCUT2D eigenvalue weighted by Crippen LogP contribution is -2.26. The lowest BCUT2D eigenvalue weighted by molar-refractivity contribution is 0.0940. The zero-order chi connectivity index (χ0) is 22.3. The zero-order valence-corrected chi connectivity index (χ0v) is 19.4. The number of allylic oxidation sites excluding steroid dienone is 1. The van der Waals surface area contributed by atoms with E-state index in [1.54, 1.807) is 5.41 Å². The maximum absolute atomic E-state index is 12.8. The zero-order valence-electron chi connectivity index (χ0n) is 18.6. The van der Waals surface area contributed by atoms with Crippen molar-refractivity contribution in [2.24, 2.45) is 11.7 Å². The van der Waals surface area contributed by atoms with Crippen molar-refractivity contribution in [3.63, 3.8) is 0 Å². The van der Waals surface area contributed by atoms with Crippen LogP contribution in [0, 0.1) is 19.8 Å². The molecule has 0 radical (unpaired) electrons. The number of nitrogens with zero attached hydrogens (tertiary/aromatic N) is 2. The van der Waals surface area contributed by atoms with Gasteiger partial charge in [-0.25, -0.2) is 9.97 Å². The van der Waals surface area contributed by atoms with Gasteiger partial charge in [0.15, 0.2) is 0 Å². The average molecular weight is 425 g/mol. The predicted molar refractivity (Wildman–Crippen MR) is 127 cm³/mol. The number of nitrogens with two attached hydrogens (primary N) is 1. The molecule has 0 fully saturated rings. The molecule has 0 saturated carbocycles. The topological polar surface area (TPSA) is 80.9 Å². The van der Waals surface area contributed by atoms with E-state index in [0.29, 0.717) is 29.5 Å². The van der Waals surface area contributed by atoms with Crippen molar-refractivity contribution in [1.29, 1.82) is 0 Å². The maximum Gasteiger partial charge on any atom is 0.289 e. The van der Waals surface area contributed by atoms with Crippen molar-refractivity contribution >= 4 is 23.4 Å². The minimum Gasteiger partial charge on any atom is -0.396 e. The van der Waals surface area contributed by atoms with Crippen LogP contribution in [0.1, 0.15) is 65.9 Å². The van der Waals surface area contributed by atoms with Gasteiger partial charge in [0, 0.05) is 17.1 Å². The first-order valence-corrected chi connectivity index (χ1v) is 11.1. The van der Waals surface area contributed by atoms with E-state index in [9.17, 15) is 4.79 Å². The van der Waals surface area contributed by atoms with Crippen molar-refractivity contribution in [2.45, 2.75) is 54.0 Å². The van der Waals surface area contributed by atoms with Gasteiger partial charge in [0.1, 0.15) is 0 Å². The highest BCUT2D eigenvalue weighted by atomic mass is 32.2. The monoisotopic (exact) mass is 424 g/mol. The number of hydrogen-bond acceptors (Lipinski definition) is 5. The van der Waals surface area contributed by atoms with E-state index in [1.807, 2.05) is 19.9 Å². The van der Waals surface area contributed by atoms with Crippen LogP contribution in [0.4, 0.5) is 0 Å². The van der Waals surface area contributed by atoms with Gasteiger partial charge >= 0.3 is 0 Å². The smallest absolute Gasteiger partial charge is 0.289 e. The fourth-order valence-electron chi connectivity index (χ4n) is 3.16. The van der Waals surface area contributed by atoms with Gasteiger partial charge in [-0.05, 0) is 55.2 Å². The summed E-state index contributed by atoms with van der Waals surface area (Å²) in [6, 6.07) is 8.11. The molecule has 1 aromatic carbocycles. The van der Waals surface area contributed by atoms with E-state index in [4.69, 9.17) is 5.73 Å². The molecule has 0 aliphatic rings. The van der Waals surface area contributed by atoms with Gasteiger partial charge in [-0.3, -0.25) is 4.79 Å². The van der Waals surface area contributed by atoms with Crippen LogP contribution in [-0.2, 0) is 13.0 Å². The third kappa shape index (κ3) is 6.46. The van der Waals surface area contributed by atoms with E-state index in [1.165, 1.54) is 22.9 Å². The molecule has 0 saturated heterocycles. The molecule has 0 spiro atoms. The van der Waals surface area contributed by atoms with Crippen LogP contribution in [0.15, 0.2) is 41.2 Å². The number of carbonyl (C=O) groups excluding carboxylic acids is 1. The first-order valence-electron chi connectivity index (χ1n) is 10.2. The van der Waals surface area contributed by atoms with E-state index in [0.717, 1.165) is 23.3 Å². The number of rotatable bonds is 9. The number of hydrogen-bond donors (Lipinski definition) is 2. The number of amides is 1. The molecule has 2 aromatic rings. The summed E-state index contributed by atoms with van der Waals surface area (Å²) < 4.78 is 0. The molecule has 0 aliphatic heterocycles. The van der Waals surface area contributed by atoms with Gasteiger partial charge in [-0.1, -0.05) is 51.1 Å². The second kappa shape index (κ2) is 11.0. The Morgan fingerprint density at radius 3 is 2.60 bits per heavy atom. The average Bonchev–Trinajstić information content (AvgIpc) is 2.70. The molecule has 1 aromatic heterocycles. The SMILES string of the molecule is C=CS/C(CC(C)C)=C(\N)c1cc(C)nc(C(=O)NCc2cc(C)ccc2CC)n1. The Bertz CT molecular complexity index is 950. The molecule has 1 heterocycles. The van der Waals surface area contributed by atoms with Gasteiger partial charge in [0.2, 0.25) is 5.82 Å². The van der Waals surface area contributed by atoms with Gasteiger partial charge in [0.25, 0.3) is 5.91 Å². The van der Waals surface area contributed by atoms with Crippen LogP contribution >= 0.6 is 11.8 Å². The molecule has 6 heteroatoms. The van der Waals surface area contributed by atoms with Gasteiger partial charge in [-0.15, -0.1) is 11.8 Å². The third-order valence-electron chi connectivity index (χ3n) is 4.63. The number of thioether (sulfide) groups is 1. The van der Waals surface area contributed by atoms with Gasteiger partial charge in [-0.2, -0.15) is 0 Å². The molecule has 0 unspecified atom stereocenters. The number of aromatic nitrogens is 2. The van der Waals surface area contributed by atoms with Gasteiger partial charge < -0.3 is 11.1 Å². The van der Waals surface area contributed by atoms with Crippen molar-refractivity contribution in [2.75, 3.05) is 0 Å². The van der Waals surface area contributed by atoms with Crippen LogP contribution in [0.3, 0.4) is 0 Å². The summed E-state index contributed by atoms with van der Waals surface area (Å²) in [7, 11) is 0. The van der Waals surface area contributed by atoms with Crippen LogP contribution < -0.4 is 11.1 Å². The molecule has 5 nitrogen and oxygen atoms in total. The summed E-state index contributed by atoms with van der Waals surface area (Å²) in [6.45, 7) is 14.5. The maximum atomic E-state index is 12.8. The summed E-state index contributed by atoms with van der Waals surface area (Å²) in [5.41, 5.74) is 11.8. The van der Waals surface area contributed by atoms with Crippen LogP contribution in [-0.4, -0.2) is 15.9 Å². The van der Waals surface area contributed by atoms with E-state index < -0.39 is 0 Å². The minimum atomic E-state index is -0.307. The Morgan fingerprint density at radius 1 is 1.23 bits per heavy atom. The van der Waals surface area contributed by atoms with Crippen molar-refractivity contribution < 1.29 is 4.79 Å². The molecule has 0 atom stereocenters. The van der Waals surface area contributed by atoms with Crippen molar-refractivity contribution in [3.8, 4) is 0 Å². The Morgan fingerprint density at radius 2 is 1.97 bits per heavy atom. The summed E-state index contributed by atoms with van der Waals surface area (Å²) >= 11 is 1.50. The Hall–Kier alpha value is -2.60. The molecule has 1 amide bonds. The summed E-state index contributed by atoms with van der Waals surface area (Å²) in [5, 5.41) is 4.72. The number of nitrogens with one attached hydrogen (secondary N) is 1. The highest BCUT2D eigenvalue weighted by Gasteiger charge is 2.16. The lowest BCUT2D eigenvalue weighted by Gasteiger charge is -2.13. The van der Waals surface area contributed by atoms with E-state index >= 15 is 0 Å². The predicted octanol–water partition coefficient (Wildman–Crippen LogP) is 5.14. The lowest BCUT2D eigenvalue weighted by atomic mass is 10.0. The second-order valence-corrected chi connectivity index (χ2v) is 8.81. The standard InChI is InChI=1S/C24H32N4OS/c1-7-18-10-9-16(5)12-19(18)14-26-24(29)23-27-17(6)13-20(28-23)22(25)21(30-8-2)11-15(3)4/h8-10,12-13,15H,2,7,11,14,25H2,1,3-6H3,(H,26,29)/b22-21-. The van der Waals surface area contributed by atoms with Crippen LogP contribution in [0.5, 0.6) is 0 Å². The fourth-order valence-corrected chi connectivity index (χ4v) is 4.02. The normalized spacial score (nSPS) is 11.9.